The third-order valence-corrected chi connectivity index (χ3v) is 3.36. The van der Waals surface area contributed by atoms with Crippen molar-refractivity contribution in [2.75, 3.05) is 6.54 Å². The molecule has 0 unspecified atom stereocenters. The average Bonchev–Trinajstić information content (AvgIpc) is 2.49. The van der Waals surface area contributed by atoms with Crippen LogP contribution in [-0.4, -0.2) is 12.1 Å². The molecule has 2 nitrogen and oxygen atoms in total. The third kappa shape index (κ3) is 5.30. The number of aryl methyl sites for hydroxylation is 1. The molecule has 0 saturated heterocycles. The smallest absolute Gasteiger partial charge is 0.0216 e. The lowest BCUT2D eigenvalue weighted by Gasteiger charge is -2.17. The molecule has 0 spiro atoms. The number of rotatable bonds is 6. The molecule has 0 aliphatic carbocycles. The van der Waals surface area contributed by atoms with Crippen LogP contribution in [0.15, 0.2) is 10.8 Å². The Morgan fingerprint density at radius 2 is 2.13 bits per heavy atom. The maximum atomic E-state index is 5.91. The van der Waals surface area contributed by atoms with E-state index < -0.39 is 0 Å². The highest BCUT2D eigenvalue weighted by molar-refractivity contribution is 7.08. The fourth-order valence-corrected chi connectivity index (χ4v) is 2.32. The van der Waals surface area contributed by atoms with Crippen LogP contribution >= 0.6 is 11.3 Å². The Balaban J connectivity index is 2.10. The van der Waals surface area contributed by atoms with E-state index in [-0.39, 0.29) is 5.54 Å². The van der Waals surface area contributed by atoms with E-state index in [0.717, 1.165) is 25.9 Å². The van der Waals surface area contributed by atoms with Gasteiger partial charge in [0, 0.05) is 12.1 Å². The van der Waals surface area contributed by atoms with Gasteiger partial charge < -0.3 is 11.1 Å². The first-order valence-corrected chi connectivity index (χ1v) is 6.44. The fourth-order valence-electron chi connectivity index (χ4n) is 1.46. The molecule has 0 amide bonds. The molecular weight excluding hydrogens is 204 g/mol. The zero-order valence-electron chi connectivity index (χ0n) is 9.97. The lowest BCUT2D eigenvalue weighted by molar-refractivity contribution is 0.448. The predicted octanol–water partition coefficient (Wildman–Crippen LogP) is 2.66. The van der Waals surface area contributed by atoms with Crippen molar-refractivity contribution >= 4 is 11.3 Å². The zero-order chi connectivity index (χ0) is 11.3. The highest BCUT2D eigenvalue weighted by atomic mass is 32.1. The van der Waals surface area contributed by atoms with Crippen molar-refractivity contribution in [1.29, 1.82) is 0 Å². The van der Waals surface area contributed by atoms with Gasteiger partial charge in [-0.2, -0.15) is 11.3 Å². The van der Waals surface area contributed by atoms with E-state index in [0.29, 0.717) is 0 Å². The monoisotopic (exact) mass is 226 g/mol. The third-order valence-electron chi connectivity index (χ3n) is 2.45. The molecular formula is C12H22N2S. The highest BCUT2D eigenvalue weighted by Gasteiger charge is 2.08. The molecule has 0 saturated carbocycles. The Bertz CT molecular complexity index is 286. The van der Waals surface area contributed by atoms with Gasteiger partial charge in [0.1, 0.15) is 0 Å². The van der Waals surface area contributed by atoms with Gasteiger partial charge in [0.05, 0.1) is 0 Å². The van der Waals surface area contributed by atoms with Crippen LogP contribution in [0, 0.1) is 6.92 Å². The van der Waals surface area contributed by atoms with Crippen LogP contribution < -0.4 is 11.1 Å². The Morgan fingerprint density at radius 1 is 1.40 bits per heavy atom. The summed E-state index contributed by atoms with van der Waals surface area (Å²) >= 11 is 1.77. The van der Waals surface area contributed by atoms with Crippen LogP contribution in [0.1, 0.15) is 37.8 Å². The van der Waals surface area contributed by atoms with Crippen molar-refractivity contribution < 1.29 is 0 Å². The summed E-state index contributed by atoms with van der Waals surface area (Å²) < 4.78 is 0. The van der Waals surface area contributed by atoms with Gasteiger partial charge in [-0.05, 0) is 62.0 Å². The molecule has 0 radical (unpaired) electrons. The van der Waals surface area contributed by atoms with Gasteiger partial charge in [0.15, 0.2) is 0 Å². The van der Waals surface area contributed by atoms with E-state index in [9.17, 15) is 0 Å². The van der Waals surface area contributed by atoms with Gasteiger partial charge in [0.25, 0.3) is 0 Å². The Labute approximate surface area is 96.9 Å². The number of nitrogens with two attached hydrogens (primary N) is 1. The second-order valence-electron chi connectivity index (χ2n) is 4.85. The van der Waals surface area contributed by atoms with Crippen LogP contribution in [0.25, 0.3) is 0 Å². The first-order chi connectivity index (χ1) is 6.99. The second kappa shape index (κ2) is 5.64. The summed E-state index contributed by atoms with van der Waals surface area (Å²) in [6.07, 6.45) is 2.22. The van der Waals surface area contributed by atoms with E-state index in [2.05, 4.69) is 36.8 Å². The molecule has 0 bridgehead atoms. The molecule has 0 atom stereocenters. The number of nitrogens with one attached hydrogen (secondary N) is 1. The van der Waals surface area contributed by atoms with Gasteiger partial charge in [-0.3, -0.25) is 0 Å². The molecule has 1 aromatic heterocycles. The van der Waals surface area contributed by atoms with Gasteiger partial charge >= 0.3 is 0 Å². The van der Waals surface area contributed by atoms with E-state index in [1.54, 1.807) is 11.3 Å². The van der Waals surface area contributed by atoms with Crippen molar-refractivity contribution in [2.45, 2.75) is 45.7 Å². The lowest BCUT2D eigenvalue weighted by atomic mass is 10.0. The first-order valence-electron chi connectivity index (χ1n) is 5.50. The molecule has 15 heavy (non-hydrogen) atoms. The Morgan fingerprint density at radius 3 is 2.67 bits per heavy atom. The molecule has 3 N–H and O–H groups in total. The predicted molar refractivity (Wildman–Crippen MR) is 68.3 cm³/mol. The maximum absolute atomic E-state index is 5.91. The van der Waals surface area contributed by atoms with Crippen molar-refractivity contribution in [1.82, 2.24) is 5.32 Å². The summed E-state index contributed by atoms with van der Waals surface area (Å²) in [6.45, 7) is 8.36. The average molecular weight is 226 g/mol. The summed E-state index contributed by atoms with van der Waals surface area (Å²) in [4.78, 5) is 0. The minimum Gasteiger partial charge on any atom is -0.326 e. The zero-order valence-corrected chi connectivity index (χ0v) is 10.8. The minimum absolute atomic E-state index is 0.0278. The van der Waals surface area contributed by atoms with Crippen LogP contribution in [0.3, 0.4) is 0 Å². The standard InChI is InChI=1S/C12H22N2S/c1-10-8-15-9-11(10)7-14-6-4-5-12(2,3)13/h8-9,14H,4-7,13H2,1-3H3. The van der Waals surface area contributed by atoms with Crippen LogP contribution in [0.2, 0.25) is 0 Å². The van der Waals surface area contributed by atoms with Crippen molar-refractivity contribution in [3.05, 3.63) is 21.9 Å². The Hall–Kier alpha value is -0.380. The van der Waals surface area contributed by atoms with E-state index in [1.165, 1.54) is 11.1 Å². The van der Waals surface area contributed by atoms with Crippen LogP contribution in [0.5, 0.6) is 0 Å². The molecule has 1 heterocycles. The minimum atomic E-state index is -0.0278. The largest absolute Gasteiger partial charge is 0.326 e. The van der Waals surface area contributed by atoms with Crippen LogP contribution in [0.4, 0.5) is 0 Å². The number of hydrogen-bond acceptors (Lipinski definition) is 3. The molecule has 0 aromatic carbocycles. The molecule has 86 valence electrons. The molecule has 3 heteroatoms. The normalized spacial score (nSPS) is 12.0. The van der Waals surface area contributed by atoms with E-state index in [1.807, 2.05) is 0 Å². The molecule has 0 fully saturated rings. The van der Waals surface area contributed by atoms with E-state index >= 15 is 0 Å². The van der Waals surface area contributed by atoms with Crippen LogP contribution in [-0.2, 0) is 6.54 Å². The summed E-state index contributed by atoms with van der Waals surface area (Å²) in [6, 6.07) is 0. The second-order valence-corrected chi connectivity index (χ2v) is 5.59. The van der Waals surface area contributed by atoms with Gasteiger partial charge in [-0.15, -0.1) is 0 Å². The van der Waals surface area contributed by atoms with Gasteiger partial charge in [-0.25, -0.2) is 0 Å². The summed E-state index contributed by atoms with van der Waals surface area (Å²) in [5, 5.41) is 7.86. The first kappa shape index (κ1) is 12.7. The molecule has 1 rings (SSSR count). The van der Waals surface area contributed by atoms with Crippen molar-refractivity contribution in [3.63, 3.8) is 0 Å². The summed E-state index contributed by atoms with van der Waals surface area (Å²) in [5.41, 5.74) is 8.70. The molecule has 0 aliphatic rings. The van der Waals surface area contributed by atoms with Gasteiger partial charge in [-0.1, -0.05) is 0 Å². The number of thiophene rings is 1. The topological polar surface area (TPSA) is 38.0 Å². The van der Waals surface area contributed by atoms with Gasteiger partial charge in [0.2, 0.25) is 0 Å². The summed E-state index contributed by atoms with van der Waals surface area (Å²) in [7, 11) is 0. The molecule has 0 aliphatic heterocycles. The fraction of sp³-hybridized carbons (Fsp3) is 0.667. The quantitative estimate of drug-likeness (QED) is 0.732. The van der Waals surface area contributed by atoms with Crippen molar-refractivity contribution in [2.24, 2.45) is 5.73 Å². The van der Waals surface area contributed by atoms with Crippen molar-refractivity contribution in [3.8, 4) is 0 Å². The van der Waals surface area contributed by atoms with E-state index in [4.69, 9.17) is 5.73 Å². The number of hydrogen-bond donors (Lipinski definition) is 2. The Kier molecular flexibility index (Phi) is 4.77. The summed E-state index contributed by atoms with van der Waals surface area (Å²) in [5.74, 6) is 0. The maximum Gasteiger partial charge on any atom is 0.0216 e. The lowest BCUT2D eigenvalue weighted by Crippen LogP contribution is -2.32. The highest BCUT2D eigenvalue weighted by Crippen LogP contribution is 2.13. The molecule has 1 aromatic rings. The SMILES string of the molecule is Cc1cscc1CNCCCC(C)(C)N.